The lowest BCUT2D eigenvalue weighted by atomic mass is 10.2. The predicted molar refractivity (Wildman–Crippen MR) is 103 cm³/mol. The van der Waals surface area contributed by atoms with Gasteiger partial charge in [0.05, 0.1) is 42.3 Å². The minimum atomic E-state index is -0.412. The molecule has 0 radical (unpaired) electrons. The highest BCUT2D eigenvalue weighted by Gasteiger charge is 2.14. The third kappa shape index (κ3) is 4.75. The first-order valence-electron chi connectivity index (χ1n) is 8.35. The number of rotatable bonds is 7. The van der Waals surface area contributed by atoms with Gasteiger partial charge >= 0.3 is 0 Å². The minimum Gasteiger partial charge on any atom is -0.492 e. The molecule has 0 aliphatic rings. The maximum absolute atomic E-state index is 12.4. The largest absolute Gasteiger partial charge is 0.492 e. The Hall–Kier alpha value is -3.64. The molecule has 142 valence electrons. The van der Waals surface area contributed by atoms with Gasteiger partial charge in [-0.1, -0.05) is 0 Å². The second-order valence-electron chi connectivity index (χ2n) is 5.56. The topological polar surface area (TPSA) is 117 Å². The molecule has 8 nitrogen and oxygen atoms in total. The zero-order valence-electron chi connectivity index (χ0n) is 14.9. The molecule has 0 bridgehead atoms. The third-order valence-electron chi connectivity index (χ3n) is 3.54. The van der Waals surface area contributed by atoms with E-state index < -0.39 is 5.91 Å². The van der Waals surface area contributed by atoms with Crippen molar-refractivity contribution >= 4 is 34.0 Å². The van der Waals surface area contributed by atoms with Crippen LogP contribution in [0.3, 0.4) is 0 Å². The molecule has 0 atom stereocenters. The number of hydrogen-bond donors (Lipinski definition) is 2. The Morgan fingerprint density at radius 3 is 2.89 bits per heavy atom. The summed E-state index contributed by atoms with van der Waals surface area (Å²) < 4.78 is 10.5. The van der Waals surface area contributed by atoms with Crippen LogP contribution < -0.4 is 15.4 Å². The first-order valence-corrected chi connectivity index (χ1v) is 9.23. The Morgan fingerprint density at radius 2 is 2.18 bits per heavy atom. The SMILES string of the molecule is CCOc1ccc(C#N)cc1NC(=O)Cc1csc(NC(=O)c2ccco2)n1. The number of ether oxygens (including phenoxy) is 1. The average molecular weight is 396 g/mol. The molecule has 3 rings (SSSR count). The summed E-state index contributed by atoms with van der Waals surface area (Å²) in [5.74, 6) is -0.0647. The number of hydrogen-bond acceptors (Lipinski definition) is 7. The Morgan fingerprint density at radius 1 is 1.32 bits per heavy atom. The summed E-state index contributed by atoms with van der Waals surface area (Å²) in [6, 6.07) is 10.0. The van der Waals surface area contributed by atoms with Crippen LogP contribution in [-0.2, 0) is 11.2 Å². The summed E-state index contributed by atoms with van der Waals surface area (Å²) in [6.45, 7) is 2.26. The maximum atomic E-state index is 12.4. The van der Waals surface area contributed by atoms with E-state index >= 15 is 0 Å². The molecule has 0 saturated carbocycles. The number of nitriles is 1. The van der Waals surface area contributed by atoms with E-state index in [0.29, 0.717) is 34.4 Å². The van der Waals surface area contributed by atoms with E-state index in [-0.39, 0.29) is 18.1 Å². The van der Waals surface area contributed by atoms with Gasteiger partial charge < -0.3 is 14.5 Å². The van der Waals surface area contributed by atoms with E-state index in [9.17, 15) is 9.59 Å². The van der Waals surface area contributed by atoms with Gasteiger partial charge in [-0.05, 0) is 37.3 Å². The lowest BCUT2D eigenvalue weighted by Gasteiger charge is -2.11. The molecule has 0 aliphatic carbocycles. The normalized spacial score (nSPS) is 10.1. The zero-order valence-corrected chi connectivity index (χ0v) is 15.7. The van der Waals surface area contributed by atoms with Crippen molar-refractivity contribution in [3.05, 3.63) is 59.0 Å². The number of carbonyl (C=O) groups excluding carboxylic acids is 2. The molecule has 0 unspecified atom stereocenters. The second-order valence-corrected chi connectivity index (χ2v) is 6.41. The first kappa shape index (κ1) is 19.1. The second kappa shape index (κ2) is 8.83. The number of carbonyl (C=O) groups is 2. The summed E-state index contributed by atoms with van der Waals surface area (Å²) in [7, 11) is 0. The van der Waals surface area contributed by atoms with Crippen molar-refractivity contribution in [3.8, 4) is 11.8 Å². The smallest absolute Gasteiger partial charge is 0.293 e. The zero-order chi connectivity index (χ0) is 19.9. The van der Waals surface area contributed by atoms with Crippen LogP contribution >= 0.6 is 11.3 Å². The quantitative estimate of drug-likeness (QED) is 0.632. The molecule has 0 spiro atoms. The van der Waals surface area contributed by atoms with Crippen LogP contribution in [0.25, 0.3) is 0 Å². The molecule has 0 fully saturated rings. The standard InChI is InChI=1S/C19H16N4O4S/c1-2-26-15-6-5-12(10-20)8-14(15)22-17(24)9-13-11-28-19(21-13)23-18(25)16-4-3-7-27-16/h3-8,11H,2,9H2,1H3,(H,22,24)(H,21,23,25). The molecule has 1 aromatic carbocycles. The van der Waals surface area contributed by atoms with Gasteiger partial charge in [0.2, 0.25) is 5.91 Å². The van der Waals surface area contributed by atoms with Gasteiger partial charge in [0, 0.05) is 5.38 Å². The molecule has 2 aromatic heterocycles. The lowest BCUT2D eigenvalue weighted by molar-refractivity contribution is -0.115. The number of aromatic nitrogens is 1. The van der Waals surface area contributed by atoms with Gasteiger partial charge in [0.15, 0.2) is 10.9 Å². The Kier molecular flexibility index (Phi) is 6.04. The maximum Gasteiger partial charge on any atom is 0.293 e. The summed E-state index contributed by atoms with van der Waals surface area (Å²) in [5, 5.41) is 16.4. The summed E-state index contributed by atoms with van der Waals surface area (Å²) in [5.41, 5.74) is 1.34. The third-order valence-corrected chi connectivity index (χ3v) is 4.35. The number of furan rings is 1. The fourth-order valence-electron chi connectivity index (χ4n) is 2.35. The Balaban J connectivity index is 1.63. The highest BCUT2D eigenvalue weighted by atomic mass is 32.1. The molecule has 2 amide bonds. The van der Waals surface area contributed by atoms with Gasteiger partial charge in [-0.25, -0.2) is 4.98 Å². The van der Waals surface area contributed by atoms with Gasteiger partial charge in [-0.15, -0.1) is 11.3 Å². The summed E-state index contributed by atoms with van der Waals surface area (Å²) in [6.07, 6.45) is 1.42. The van der Waals surface area contributed by atoms with Crippen LogP contribution in [0.4, 0.5) is 10.8 Å². The monoisotopic (exact) mass is 396 g/mol. The summed E-state index contributed by atoms with van der Waals surface area (Å²) >= 11 is 1.21. The highest BCUT2D eigenvalue weighted by Crippen LogP contribution is 2.26. The Labute approximate surface area is 164 Å². The van der Waals surface area contributed by atoms with E-state index in [1.807, 2.05) is 13.0 Å². The number of thiazole rings is 1. The van der Waals surface area contributed by atoms with E-state index in [4.69, 9.17) is 14.4 Å². The van der Waals surface area contributed by atoms with Crippen LogP contribution in [0.15, 0.2) is 46.4 Å². The molecular weight excluding hydrogens is 380 g/mol. The van der Waals surface area contributed by atoms with Crippen molar-refractivity contribution in [1.29, 1.82) is 5.26 Å². The number of benzene rings is 1. The predicted octanol–water partition coefficient (Wildman–Crippen LogP) is 3.44. The van der Waals surface area contributed by atoms with Crippen molar-refractivity contribution < 1.29 is 18.7 Å². The molecule has 2 heterocycles. The van der Waals surface area contributed by atoms with E-state index in [1.54, 1.807) is 35.7 Å². The Bertz CT molecular complexity index is 1020. The number of nitrogens with zero attached hydrogens (tertiary/aromatic N) is 2. The average Bonchev–Trinajstić information content (AvgIpc) is 3.35. The number of amides is 2. The van der Waals surface area contributed by atoms with Gasteiger partial charge in [0.25, 0.3) is 5.91 Å². The van der Waals surface area contributed by atoms with Gasteiger partial charge in [0.1, 0.15) is 5.75 Å². The summed E-state index contributed by atoms with van der Waals surface area (Å²) in [4.78, 5) is 28.6. The van der Waals surface area contributed by atoms with Crippen LogP contribution in [0.1, 0.15) is 28.7 Å². The number of anilines is 2. The van der Waals surface area contributed by atoms with Crippen LogP contribution in [0.5, 0.6) is 5.75 Å². The molecule has 0 aliphatic heterocycles. The first-order chi connectivity index (χ1) is 13.6. The number of nitrogens with one attached hydrogen (secondary N) is 2. The van der Waals surface area contributed by atoms with E-state index in [1.165, 1.54) is 17.6 Å². The van der Waals surface area contributed by atoms with Crippen molar-refractivity contribution in [3.63, 3.8) is 0 Å². The minimum absolute atomic E-state index is 0.00939. The molecular formula is C19H16N4O4S. The van der Waals surface area contributed by atoms with Gasteiger partial charge in [-0.2, -0.15) is 5.26 Å². The van der Waals surface area contributed by atoms with Gasteiger partial charge in [-0.3, -0.25) is 14.9 Å². The molecule has 3 aromatic rings. The van der Waals surface area contributed by atoms with Crippen molar-refractivity contribution in [2.24, 2.45) is 0 Å². The van der Waals surface area contributed by atoms with E-state index in [0.717, 1.165) is 0 Å². The fraction of sp³-hybridized carbons (Fsp3) is 0.158. The molecule has 28 heavy (non-hydrogen) atoms. The fourth-order valence-corrected chi connectivity index (χ4v) is 3.05. The van der Waals surface area contributed by atoms with Crippen molar-refractivity contribution in [2.75, 3.05) is 17.2 Å². The van der Waals surface area contributed by atoms with Crippen molar-refractivity contribution in [1.82, 2.24) is 4.98 Å². The van der Waals surface area contributed by atoms with Crippen LogP contribution in [0, 0.1) is 11.3 Å². The molecule has 2 N–H and O–H groups in total. The highest BCUT2D eigenvalue weighted by molar-refractivity contribution is 7.14. The molecule has 9 heteroatoms. The van der Waals surface area contributed by atoms with E-state index in [2.05, 4.69) is 15.6 Å². The molecule has 0 saturated heterocycles. The van der Waals surface area contributed by atoms with Crippen LogP contribution in [0.2, 0.25) is 0 Å². The van der Waals surface area contributed by atoms with Crippen molar-refractivity contribution in [2.45, 2.75) is 13.3 Å². The van der Waals surface area contributed by atoms with Crippen LogP contribution in [-0.4, -0.2) is 23.4 Å². The lowest BCUT2D eigenvalue weighted by Crippen LogP contribution is -2.16.